The predicted octanol–water partition coefficient (Wildman–Crippen LogP) is 4.84. The molecule has 0 radical (unpaired) electrons. The summed E-state index contributed by atoms with van der Waals surface area (Å²) in [5, 5.41) is 1.09. The van der Waals surface area contributed by atoms with E-state index in [-0.39, 0.29) is 5.78 Å². The second-order valence-corrected chi connectivity index (χ2v) is 5.01. The number of rotatable bonds is 2. The van der Waals surface area contributed by atoms with E-state index in [2.05, 4.69) is 0 Å². The summed E-state index contributed by atoms with van der Waals surface area (Å²) in [5.41, 5.74) is 2.90. The Hall–Kier alpha value is -1.31. The van der Waals surface area contributed by atoms with Crippen molar-refractivity contribution in [3.63, 3.8) is 0 Å². The van der Waals surface area contributed by atoms with Gasteiger partial charge in [0.25, 0.3) is 0 Å². The van der Waals surface area contributed by atoms with Crippen molar-refractivity contribution in [2.75, 3.05) is 0 Å². The zero-order chi connectivity index (χ0) is 13.3. The van der Waals surface area contributed by atoms with Gasteiger partial charge in [0.2, 0.25) is 0 Å². The fraction of sp³-hybridized carbons (Fsp3) is 0.133. The maximum Gasteiger partial charge on any atom is 0.194 e. The Morgan fingerprint density at radius 3 is 2.39 bits per heavy atom. The quantitative estimate of drug-likeness (QED) is 0.719. The molecule has 3 heteroatoms. The van der Waals surface area contributed by atoms with E-state index >= 15 is 0 Å². The molecule has 0 spiro atoms. The minimum atomic E-state index is -0.106. The Bertz CT molecular complexity index is 618. The van der Waals surface area contributed by atoms with Crippen LogP contribution in [0.1, 0.15) is 27.0 Å². The summed E-state index contributed by atoms with van der Waals surface area (Å²) >= 11 is 12.2. The summed E-state index contributed by atoms with van der Waals surface area (Å²) in [6.07, 6.45) is 0. The zero-order valence-corrected chi connectivity index (χ0v) is 11.6. The number of hydrogen-bond donors (Lipinski definition) is 0. The Morgan fingerprint density at radius 1 is 1.00 bits per heavy atom. The van der Waals surface area contributed by atoms with E-state index in [1.165, 1.54) is 0 Å². The van der Waals surface area contributed by atoms with E-state index in [9.17, 15) is 4.79 Å². The standard InChI is InChI=1S/C15H12Cl2O/c1-9-6-7-11(8-13(9)16)15(18)12-5-3-4-10(2)14(12)17/h3-8H,1-2H3. The van der Waals surface area contributed by atoms with Crippen LogP contribution in [0, 0.1) is 13.8 Å². The fourth-order valence-electron chi connectivity index (χ4n) is 1.71. The number of hydrogen-bond acceptors (Lipinski definition) is 1. The second kappa shape index (κ2) is 5.13. The molecule has 2 aromatic rings. The molecular formula is C15H12Cl2O. The van der Waals surface area contributed by atoms with Crippen molar-refractivity contribution < 1.29 is 4.79 Å². The van der Waals surface area contributed by atoms with Crippen molar-refractivity contribution in [1.82, 2.24) is 0 Å². The van der Waals surface area contributed by atoms with Crippen molar-refractivity contribution in [3.8, 4) is 0 Å². The first-order chi connectivity index (χ1) is 8.50. The van der Waals surface area contributed by atoms with Crippen LogP contribution in [-0.2, 0) is 0 Å². The second-order valence-electron chi connectivity index (χ2n) is 4.23. The lowest BCUT2D eigenvalue weighted by atomic mass is 10.0. The molecule has 18 heavy (non-hydrogen) atoms. The molecule has 0 saturated heterocycles. The van der Waals surface area contributed by atoms with Gasteiger partial charge in [-0.1, -0.05) is 47.5 Å². The SMILES string of the molecule is Cc1ccc(C(=O)c2cccc(C)c2Cl)cc1Cl. The highest BCUT2D eigenvalue weighted by molar-refractivity contribution is 6.36. The van der Waals surface area contributed by atoms with E-state index in [0.717, 1.165) is 11.1 Å². The predicted molar refractivity (Wildman–Crippen MR) is 75.8 cm³/mol. The summed E-state index contributed by atoms with van der Waals surface area (Å²) in [6, 6.07) is 10.7. The van der Waals surface area contributed by atoms with E-state index in [1.807, 2.05) is 32.0 Å². The van der Waals surface area contributed by atoms with Crippen LogP contribution in [0.4, 0.5) is 0 Å². The molecule has 0 aliphatic heterocycles. The van der Waals surface area contributed by atoms with E-state index < -0.39 is 0 Å². The highest BCUT2D eigenvalue weighted by Crippen LogP contribution is 2.25. The van der Waals surface area contributed by atoms with Gasteiger partial charge in [-0.25, -0.2) is 0 Å². The zero-order valence-electron chi connectivity index (χ0n) is 10.1. The minimum Gasteiger partial charge on any atom is -0.289 e. The molecule has 0 bridgehead atoms. The fourth-order valence-corrected chi connectivity index (χ4v) is 2.10. The van der Waals surface area contributed by atoms with E-state index in [4.69, 9.17) is 23.2 Å². The van der Waals surface area contributed by atoms with Gasteiger partial charge >= 0.3 is 0 Å². The topological polar surface area (TPSA) is 17.1 Å². The van der Waals surface area contributed by atoms with Crippen molar-refractivity contribution in [2.24, 2.45) is 0 Å². The van der Waals surface area contributed by atoms with Crippen LogP contribution in [-0.4, -0.2) is 5.78 Å². The molecule has 0 heterocycles. The highest BCUT2D eigenvalue weighted by Gasteiger charge is 2.14. The molecule has 1 nitrogen and oxygen atoms in total. The van der Waals surface area contributed by atoms with Crippen LogP contribution in [0.3, 0.4) is 0 Å². The number of ketones is 1. The van der Waals surface area contributed by atoms with Crippen LogP contribution in [0.15, 0.2) is 36.4 Å². The van der Waals surface area contributed by atoms with Crippen molar-refractivity contribution >= 4 is 29.0 Å². The summed E-state index contributed by atoms with van der Waals surface area (Å²) in [5.74, 6) is -0.106. The highest BCUT2D eigenvalue weighted by atomic mass is 35.5. The number of benzene rings is 2. The third kappa shape index (κ3) is 2.43. The van der Waals surface area contributed by atoms with Gasteiger partial charge in [0.15, 0.2) is 5.78 Å². The van der Waals surface area contributed by atoms with Gasteiger partial charge in [-0.2, -0.15) is 0 Å². The van der Waals surface area contributed by atoms with Crippen molar-refractivity contribution in [2.45, 2.75) is 13.8 Å². The van der Waals surface area contributed by atoms with Crippen molar-refractivity contribution in [1.29, 1.82) is 0 Å². The first kappa shape index (κ1) is 13.1. The van der Waals surface area contributed by atoms with Crippen LogP contribution < -0.4 is 0 Å². The maximum atomic E-state index is 12.3. The molecule has 0 amide bonds. The lowest BCUT2D eigenvalue weighted by molar-refractivity contribution is 0.103. The number of halogens is 2. The Kier molecular flexibility index (Phi) is 3.74. The first-order valence-corrected chi connectivity index (χ1v) is 6.32. The smallest absolute Gasteiger partial charge is 0.194 e. The van der Waals surface area contributed by atoms with Gasteiger partial charge in [-0.15, -0.1) is 0 Å². The van der Waals surface area contributed by atoms with Gasteiger partial charge in [0.1, 0.15) is 0 Å². The maximum absolute atomic E-state index is 12.3. The molecule has 0 aliphatic rings. The molecule has 0 atom stereocenters. The van der Waals surface area contributed by atoms with Gasteiger partial charge < -0.3 is 0 Å². The molecule has 2 rings (SSSR count). The molecular weight excluding hydrogens is 267 g/mol. The van der Waals surface area contributed by atoms with Gasteiger partial charge in [0, 0.05) is 16.1 Å². The largest absolute Gasteiger partial charge is 0.289 e. The first-order valence-electron chi connectivity index (χ1n) is 5.56. The van der Waals surface area contributed by atoms with Crippen LogP contribution >= 0.6 is 23.2 Å². The molecule has 0 aromatic heterocycles. The average Bonchev–Trinajstić information content (AvgIpc) is 2.35. The Labute approximate surface area is 116 Å². The third-order valence-electron chi connectivity index (χ3n) is 2.87. The Balaban J connectivity index is 2.48. The van der Waals surface area contributed by atoms with E-state index in [0.29, 0.717) is 21.2 Å². The van der Waals surface area contributed by atoms with Gasteiger partial charge in [0.05, 0.1) is 5.02 Å². The summed E-state index contributed by atoms with van der Waals surface area (Å²) in [4.78, 5) is 12.3. The average molecular weight is 279 g/mol. The van der Waals surface area contributed by atoms with Gasteiger partial charge in [-0.3, -0.25) is 4.79 Å². The summed E-state index contributed by atoms with van der Waals surface area (Å²) in [7, 11) is 0. The number of aryl methyl sites for hydroxylation is 2. The molecule has 92 valence electrons. The Morgan fingerprint density at radius 2 is 1.72 bits per heavy atom. The van der Waals surface area contributed by atoms with E-state index in [1.54, 1.807) is 18.2 Å². The van der Waals surface area contributed by atoms with Crippen LogP contribution in [0.2, 0.25) is 10.0 Å². The summed E-state index contributed by atoms with van der Waals surface area (Å²) < 4.78 is 0. The number of carbonyl (C=O) groups excluding carboxylic acids is 1. The van der Waals surface area contributed by atoms with Gasteiger partial charge in [-0.05, 0) is 37.1 Å². The molecule has 0 N–H and O–H groups in total. The molecule has 0 aliphatic carbocycles. The van der Waals surface area contributed by atoms with Crippen molar-refractivity contribution in [3.05, 3.63) is 68.7 Å². The molecule has 0 fully saturated rings. The third-order valence-corrected chi connectivity index (χ3v) is 3.78. The lowest BCUT2D eigenvalue weighted by Crippen LogP contribution is -2.03. The molecule has 0 saturated carbocycles. The number of carbonyl (C=O) groups is 1. The molecule has 0 unspecified atom stereocenters. The summed E-state index contributed by atoms with van der Waals surface area (Å²) in [6.45, 7) is 3.78. The van der Waals surface area contributed by atoms with Crippen LogP contribution in [0.5, 0.6) is 0 Å². The minimum absolute atomic E-state index is 0.106. The monoisotopic (exact) mass is 278 g/mol. The van der Waals surface area contributed by atoms with Crippen LogP contribution in [0.25, 0.3) is 0 Å². The lowest BCUT2D eigenvalue weighted by Gasteiger charge is -2.07. The normalized spacial score (nSPS) is 10.4. The molecule has 2 aromatic carbocycles.